The van der Waals surface area contributed by atoms with E-state index in [9.17, 15) is 0 Å². The van der Waals surface area contributed by atoms with Crippen LogP contribution in [0, 0.1) is 0 Å². The van der Waals surface area contributed by atoms with Crippen LogP contribution >= 0.6 is 0 Å². The minimum absolute atomic E-state index is 0. The molecule has 0 aromatic heterocycles. The van der Waals surface area contributed by atoms with Crippen LogP contribution in [-0.4, -0.2) is 38.4 Å². The van der Waals surface area contributed by atoms with E-state index in [0.717, 1.165) is 26.2 Å². The molecule has 0 aliphatic carbocycles. The summed E-state index contributed by atoms with van der Waals surface area (Å²) in [6, 6.07) is 0.582. The van der Waals surface area contributed by atoms with Gasteiger partial charge in [0.2, 0.25) is 0 Å². The molecule has 0 saturated carbocycles. The van der Waals surface area contributed by atoms with Crippen LogP contribution in [0.2, 0.25) is 0 Å². The fourth-order valence-corrected chi connectivity index (χ4v) is 1.49. The van der Waals surface area contributed by atoms with Crippen molar-refractivity contribution in [2.45, 2.75) is 26.0 Å². The Hall–Kier alpha value is -0.120. The van der Waals surface area contributed by atoms with Crippen LogP contribution in [0.25, 0.3) is 0 Å². The van der Waals surface area contributed by atoms with E-state index >= 15 is 0 Å². The second-order valence-corrected chi connectivity index (χ2v) is 2.63. The highest BCUT2D eigenvalue weighted by atomic mass is 16.5. The molecule has 2 N–H and O–H groups in total. The molecule has 2 unspecified atom stereocenters. The number of rotatable bonds is 0. The number of hydrogen-bond donors (Lipinski definition) is 2. The third-order valence-corrected chi connectivity index (χ3v) is 2.00. The van der Waals surface area contributed by atoms with Gasteiger partial charge in [-0.1, -0.05) is 13.8 Å². The Morgan fingerprint density at radius 3 is 2.91 bits per heavy atom. The molecule has 2 aliphatic heterocycles. The average Bonchev–Trinajstić information content (AvgIpc) is 2.55. The largest absolute Gasteiger partial charge is 0.374 e. The van der Waals surface area contributed by atoms with E-state index < -0.39 is 0 Å². The molecule has 2 atom stereocenters. The maximum Gasteiger partial charge on any atom is 0.0865 e. The summed E-state index contributed by atoms with van der Waals surface area (Å²) < 4.78 is 5.48. The molecule has 3 nitrogen and oxygen atoms in total. The van der Waals surface area contributed by atoms with E-state index in [2.05, 4.69) is 10.6 Å². The highest BCUT2D eigenvalue weighted by Crippen LogP contribution is 2.07. The molecule has 2 aliphatic rings. The minimum atomic E-state index is 0. The predicted octanol–water partition coefficient (Wildman–Crippen LogP) is 0.219. The van der Waals surface area contributed by atoms with Gasteiger partial charge in [0, 0.05) is 27.1 Å². The average molecular weight is 160 g/mol. The van der Waals surface area contributed by atoms with Crippen molar-refractivity contribution in [1.82, 2.24) is 10.6 Å². The Balaban J connectivity index is 0.000000378. The predicted molar refractivity (Wildman–Crippen MR) is 47.9 cm³/mol. The summed E-state index contributed by atoms with van der Waals surface area (Å²) in [5.74, 6) is 0. The Morgan fingerprint density at radius 1 is 1.36 bits per heavy atom. The van der Waals surface area contributed by atoms with E-state index in [4.69, 9.17) is 4.74 Å². The van der Waals surface area contributed by atoms with Crippen LogP contribution in [0.15, 0.2) is 0 Å². The number of hydrogen-bond acceptors (Lipinski definition) is 3. The first-order valence-electron chi connectivity index (χ1n) is 4.52. The second-order valence-electron chi connectivity index (χ2n) is 2.63. The van der Waals surface area contributed by atoms with Gasteiger partial charge in [0.05, 0.1) is 12.7 Å². The van der Waals surface area contributed by atoms with Crippen molar-refractivity contribution in [3.63, 3.8) is 0 Å². The van der Waals surface area contributed by atoms with Gasteiger partial charge in [-0.3, -0.25) is 0 Å². The van der Waals surface area contributed by atoms with E-state index in [1.165, 1.54) is 0 Å². The van der Waals surface area contributed by atoms with Crippen molar-refractivity contribution >= 4 is 0 Å². The Bertz CT molecular complexity index is 101. The maximum absolute atomic E-state index is 5.48. The summed E-state index contributed by atoms with van der Waals surface area (Å²) in [6.45, 7) is 7.99. The number of fused-ring (bicyclic) bond motifs is 1. The standard InChI is InChI=1S/C6H12N2O.C2H6.H2/c1-2-9-6-4-7-3-5(6)8-1;1-2;/h5-8H,1-4H2;1-2H3;1H. The maximum atomic E-state index is 5.48. The molecule has 0 radical (unpaired) electrons. The first kappa shape index (κ1) is 8.97. The molecule has 0 spiro atoms. The van der Waals surface area contributed by atoms with E-state index in [1.807, 2.05) is 13.8 Å². The van der Waals surface area contributed by atoms with Gasteiger partial charge in [0.15, 0.2) is 0 Å². The van der Waals surface area contributed by atoms with Gasteiger partial charge in [-0.2, -0.15) is 0 Å². The minimum Gasteiger partial charge on any atom is -0.374 e. The van der Waals surface area contributed by atoms with E-state index in [-0.39, 0.29) is 1.43 Å². The lowest BCUT2D eigenvalue weighted by atomic mass is 10.2. The second kappa shape index (κ2) is 4.70. The highest BCUT2D eigenvalue weighted by Gasteiger charge is 2.29. The Morgan fingerprint density at radius 2 is 2.18 bits per heavy atom. The third-order valence-electron chi connectivity index (χ3n) is 2.00. The van der Waals surface area contributed by atoms with Crippen molar-refractivity contribution in [2.24, 2.45) is 0 Å². The fraction of sp³-hybridized carbons (Fsp3) is 1.00. The van der Waals surface area contributed by atoms with Crippen LogP contribution in [0.5, 0.6) is 0 Å². The Labute approximate surface area is 70.0 Å². The van der Waals surface area contributed by atoms with Crippen LogP contribution in [0.4, 0.5) is 0 Å². The molecule has 2 fully saturated rings. The SMILES string of the molecule is C1COC2CNCC2N1.CC.[HH]. The normalized spacial score (nSPS) is 35.5. The van der Waals surface area contributed by atoms with E-state index in [1.54, 1.807) is 0 Å². The van der Waals surface area contributed by atoms with Gasteiger partial charge in [0.25, 0.3) is 0 Å². The molecule has 0 bridgehead atoms. The lowest BCUT2D eigenvalue weighted by Gasteiger charge is -2.25. The molecule has 2 saturated heterocycles. The van der Waals surface area contributed by atoms with Crippen molar-refractivity contribution in [1.29, 1.82) is 0 Å². The van der Waals surface area contributed by atoms with Crippen LogP contribution in [-0.2, 0) is 4.74 Å². The number of morpholine rings is 1. The summed E-state index contributed by atoms with van der Waals surface area (Å²) in [6.07, 6.45) is 0.443. The summed E-state index contributed by atoms with van der Waals surface area (Å²) in [5.41, 5.74) is 0. The topological polar surface area (TPSA) is 33.3 Å². The van der Waals surface area contributed by atoms with Crippen molar-refractivity contribution in [3.05, 3.63) is 0 Å². The van der Waals surface area contributed by atoms with Gasteiger partial charge in [-0.15, -0.1) is 0 Å². The van der Waals surface area contributed by atoms with Crippen LogP contribution < -0.4 is 10.6 Å². The zero-order valence-electron chi connectivity index (χ0n) is 7.39. The van der Waals surface area contributed by atoms with Gasteiger partial charge in [-0.25, -0.2) is 0 Å². The molecule has 0 amide bonds. The molecular weight excluding hydrogens is 140 g/mol. The van der Waals surface area contributed by atoms with Crippen molar-refractivity contribution < 1.29 is 6.16 Å². The van der Waals surface area contributed by atoms with Crippen molar-refractivity contribution in [3.8, 4) is 0 Å². The fourth-order valence-electron chi connectivity index (χ4n) is 1.49. The summed E-state index contributed by atoms with van der Waals surface area (Å²) >= 11 is 0. The van der Waals surface area contributed by atoms with Gasteiger partial charge >= 0.3 is 0 Å². The van der Waals surface area contributed by atoms with Crippen LogP contribution in [0.1, 0.15) is 15.3 Å². The van der Waals surface area contributed by atoms with Gasteiger partial charge < -0.3 is 15.4 Å². The number of ether oxygens (including phenoxy) is 1. The summed E-state index contributed by atoms with van der Waals surface area (Å²) in [7, 11) is 0. The summed E-state index contributed by atoms with van der Waals surface area (Å²) in [4.78, 5) is 0. The molecule has 3 heteroatoms. The monoisotopic (exact) mass is 160 g/mol. The molecule has 0 aromatic rings. The zero-order valence-corrected chi connectivity index (χ0v) is 7.39. The first-order chi connectivity index (χ1) is 5.47. The van der Waals surface area contributed by atoms with E-state index in [0.29, 0.717) is 12.1 Å². The molecular formula is C8H20N2O. The smallest absolute Gasteiger partial charge is 0.0865 e. The summed E-state index contributed by atoms with van der Waals surface area (Å²) in [5, 5.41) is 6.67. The first-order valence-corrected chi connectivity index (χ1v) is 4.52. The van der Waals surface area contributed by atoms with Crippen molar-refractivity contribution in [2.75, 3.05) is 26.2 Å². The van der Waals surface area contributed by atoms with Gasteiger partial charge in [-0.05, 0) is 0 Å². The Kier molecular flexibility index (Phi) is 3.83. The van der Waals surface area contributed by atoms with Gasteiger partial charge in [0.1, 0.15) is 0 Å². The molecule has 11 heavy (non-hydrogen) atoms. The molecule has 2 heterocycles. The number of nitrogens with one attached hydrogen (secondary N) is 2. The molecule has 68 valence electrons. The highest BCUT2D eigenvalue weighted by molar-refractivity contribution is 4.89. The lowest BCUT2D eigenvalue weighted by Crippen LogP contribution is -2.47. The lowest BCUT2D eigenvalue weighted by molar-refractivity contribution is 0.0207. The molecule has 2 rings (SSSR count). The zero-order chi connectivity index (χ0) is 8.10. The third kappa shape index (κ3) is 2.15. The quantitative estimate of drug-likeness (QED) is 0.532. The van der Waals surface area contributed by atoms with Crippen LogP contribution in [0.3, 0.4) is 0 Å². The molecule has 0 aromatic carbocycles.